The number of nitrogens with zero attached hydrogens (tertiary/aromatic N) is 2. The quantitative estimate of drug-likeness (QED) is 0.657. The summed E-state index contributed by atoms with van der Waals surface area (Å²) in [6, 6.07) is 1.97. The van der Waals surface area contributed by atoms with Crippen LogP contribution in [0.15, 0.2) is 12.4 Å². The van der Waals surface area contributed by atoms with Crippen molar-refractivity contribution in [3.8, 4) is 11.8 Å². The largest absolute Gasteiger partial charge is 0.372 e. The first-order valence-electron chi connectivity index (χ1n) is 4.70. The first-order valence-corrected chi connectivity index (χ1v) is 4.70. The molecule has 1 saturated carbocycles. The van der Waals surface area contributed by atoms with Crippen LogP contribution in [0.25, 0.3) is 0 Å². The minimum atomic E-state index is 0.447. The van der Waals surface area contributed by atoms with Crippen molar-refractivity contribution in [1.82, 2.24) is 9.97 Å². The van der Waals surface area contributed by atoms with E-state index in [2.05, 4.69) is 21.8 Å². The monoisotopic (exact) mass is 188 g/mol. The Bertz CT molecular complexity index is 374. The van der Waals surface area contributed by atoms with E-state index in [1.54, 1.807) is 13.4 Å². The Balaban J connectivity index is 2.10. The third kappa shape index (κ3) is 2.30. The van der Waals surface area contributed by atoms with Crippen LogP contribution in [0.1, 0.15) is 30.1 Å². The fourth-order valence-electron chi connectivity index (χ4n) is 1.24. The van der Waals surface area contributed by atoms with Gasteiger partial charge in [-0.15, -0.1) is 0 Å². The van der Waals surface area contributed by atoms with E-state index in [-0.39, 0.29) is 0 Å². The lowest BCUT2D eigenvalue weighted by Crippen LogP contribution is -1.91. The maximum atomic E-state index is 4.84. The third-order valence-electron chi connectivity index (χ3n) is 2.12. The van der Waals surface area contributed by atoms with Crippen LogP contribution in [-0.2, 0) is 4.74 Å². The summed E-state index contributed by atoms with van der Waals surface area (Å²) in [7, 11) is 1.63. The normalized spacial score (nSPS) is 14.6. The van der Waals surface area contributed by atoms with Crippen LogP contribution in [0.5, 0.6) is 0 Å². The lowest BCUT2D eigenvalue weighted by Gasteiger charge is -1.95. The van der Waals surface area contributed by atoms with E-state index in [1.807, 2.05) is 6.07 Å². The Morgan fingerprint density at radius 3 is 3.07 bits per heavy atom. The van der Waals surface area contributed by atoms with Gasteiger partial charge < -0.3 is 4.74 Å². The molecule has 0 atom stereocenters. The molecule has 3 heteroatoms. The van der Waals surface area contributed by atoms with Crippen molar-refractivity contribution in [3.05, 3.63) is 23.8 Å². The molecule has 1 aliphatic carbocycles. The van der Waals surface area contributed by atoms with Crippen LogP contribution in [0.2, 0.25) is 0 Å². The summed E-state index contributed by atoms with van der Waals surface area (Å²) in [6.45, 7) is 0.447. The van der Waals surface area contributed by atoms with Crippen LogP contribution < -0.4 is 0 Å². The summed E-state index contributed by atoms with van der Waals surface area (Å²) in [5.74, 6) is 6.47. The van der Waals surface area contributed by atoms with E-state index in [0.29, 0.717) is 12.5 Å². The third-order valence-corrected chi connectivity index (χ3v) is 2.12. The molecule has 14 heavy (non-hydrogen) atoms. The Labute approximate surface area is 83.5 Å². The molecule has 0 amide bonds. The van der Waals surface area contributed by atoms with Crippen molar-refractivity contribution in [3.63, 3.8) is 0 Å². The molecule has 1 aromatic heterocycles. The molecular formula is C11H12N2O. The molecular weight excluding hydrogens is 176 g/mol. The van der Waals surface area contributed by atoms with Crippen LogP contribution in [0.4, 0.5) is 0 Å². The molecule has 3 nitrogen and oxygen atoms in total. The van der Waals surface area contributed by atoms with E-state index in [9.17, 15) is 0 Å². The molecule has 0 bridgehead atoms. The van der Waals surface area contributed by atoms with E-state index >= 15 is 0 Å². The van der Waals surface area contributed by atoms with Crippen molar-refractivity contribution in [2.24, 2.45) is 0 Å². The van der Waals surface area contributed by atoms with Gasteiger partial charge in [-0.25, -0.2) is 9.97 Å². The summed E-state index contributed by atoms with van der Waals surface area (Å²) < 4.78 is 4.84. The lowest BCUT2D eigenvalue weighted by atomic mass is 10.2. The average Bonchev–Trinajstić information content (AvgIpc) is 3.02. The van der Waals surface area contributed by atoms with Crippen molar-refractivity contribution in [2.75, 3.05) is 13.7 Å². The zero-order valence-corrected chi connectivity index (χ0v) is 8.16. The summed E-state index contributed by atoms with van der Waals surface area (Å²) in [4.78, 5) is 8.30. The topological polar surface area (TPSA) is 35.0 Å². The lowest BCUT2D eigenvalue weighted by molar-refractivity contribution is 0.240. The van der Waals surface area contributed by atoms with E-state index in [4.69, 9.17) is 4.74 Å². The highest BCUT2D eigenvalue weighted by atomic mass is 16.5. The van der Waals surface area contributed by atoms with Crippen LogP contribution in [0, 0.1) is 11.8 Å². The van der Waals surface area contributed by atoms with Gasteiger partial charge in [0, 0.05) is 18.7 Å². The van der Waals surface area contributed by atoms with Gasteiger partial charge in [-0.1, -0.05) is 5.92 Å². The zero-order chi connectivity index (χ0) is 9.80. The van der Waals surface area contributed by atoms with Gasteiger partial charge in [-0.2, -0.15) is 0 Å². The second-order valence-corrected chi connectivity index (χ2v) is 3.34. The fourth-order valence-corrected chi connectivity index (χ4v) is 1.24. The molecule has 0 spiro atoms. The Morgan fingerprint density at radius 1 is 1.50 bits per heavy atom. The molecule has 2 rings (SSSR count). The molecule has 1 aromatic rings. The first kappa shape index (κ1) is 9.17. The van der Waals surface area contributed by atoms with Crippen LogP contribution in [0.3, 0.4) is 0 Å². The van der Waals surface area contributed by atoms with Gasteiger partial charge in [0.15, 0.2) is 0 Å². The minimum absolute atomic E-state index is 0.447. The highest BCUT2D eigenvalue weighted by Gasteiger charge is 2.24. The molecule has 72 valence electrons. The molecule has 0 unspecified atom stereocenters. The molecule has 0 aliphatic heterocycles. The number of hydrogen-bond acceptors (Lipinski definition) is 3. The highest BCUT2D eigenvalue weighted by molar-refractivity contribution is 5.30. The first-order chi connectivity index (χ1) is 6.90. The Hall–Kier alpha value is -1.40. The predicted octanol–water partition coefficient (Wildman–Crippen LogP) is 1.35. The summed E-state index contributed by atoms with van der Waals surface area (Å²) in [6.07, 6.45) is 4.09. The maximum absolute atomic E-state index is 4.84. The maximum Gasteiger partial charge on any atom is 0.117 e. The number of methoxy groups -OCH3 is 1. The van der Waals surface area contributed by atoms with Crippen molar-refractivity contribution < 1.29 is 4.74 Å². The van der Waals surface area contributed by atoms with Gasteiger partial charge in [0.25, 0.3) is 0 Å². The van der Waals surface area contributed by atoms with Gasteiger partial charge in [-0.3, -0.25) is 0 Å². The van der Waals surface area contributed by atoms with Gasteiger partial charge >= 0.3 is 0 Å². The summed E-state index contributed by atoms with van der Waals surface area (Å²) in [5.41, 5.74) is 1.92. The molecule has 0 N–H and O–H groups in total. The molecule has 0 saturated heterocycles. The fraction of sp³-hybridized carbons (Fsp3) is 0.455. The Morgan fingerprint density at radius 2 is 2.36 bits per heavy atom. The molecule has 0 aromatic carbocycles. The second kappa shape index (κ2) is 4.21. The Kier molecular flexibility index (Phi) is 2.76. The summed E-state index contributed by atoms with van der Waals surface area (Å²) >= 11 is 0. The molecule has 0 radical (unpaired) electrons. The molecule has 1 aliphatic rings. The van der Waals surface area contributed by atoms with Crippen molar-refractivity contribution in [1.29, 1.82) is 0 Å². The zero-order valence-electron chi connectivity index (χ0n) is 8.16. The standard InChI is InChI=1S/C11H12N2O/c1-14-6-2-3-10-7-11(9-4-5-9)13-8-12-10/h7-9H,4-6H2,1H3. The van der Waals surface area contributed by atoms with E-state index < -0.39 is 0 Å². The smallest absolute Gasteiger partial charge is 0.117 e. The number of ether oxygens (including phenoxy) is 1. The molecule has 1 heterocycles. The van der Waals surface area contributed by atoms with Gasteiger partial charge in [0.1, 0.15) is 18.6 Å². The van der Waals surface area contributed by atoms with Gasteiger partial charge in [0.05, 0.1) is 0 Å². The molecule has 1 fully saturated rings. The van der Waals surface area contributed by atoms with E-state index in [0.717, 1.165) is 11.4 Å². The average molecular weight is 188 g/mol. The van der Waals surface area contributed by atoms with Crippen LogP contribution >= 0.6 is 0 Å². The van der Waals surface area contributed by atoms with Crippen molar-refractivity contribution >= 4 is 0 Å². The van der Waals surface area contributed by atoms with Crippen molar-refractivity contribution in [2.45, 2.75) is 18.8 Å². The summed E-state index contributed by atoms with van der Waals surface area (Å²) in [5, 5.41) is 0. The van der Waals surface area contributed by atoms with E-state index in [1.165, 1.54) is 12.8 Å². The number of rotatable bonds is 2. The minimum Gasteiger partial charge on any atom is -0.372 e. The van der Waals surface area contributed by atoms with Gasteiger partial charge in [-0.05, 0) is 24.8 Å². The highest BCUT2D eigenvalue weighted by Crippen LogP contribution is 2.38. The number of hydrogen-bond donors (Lipinski definition) is 0. The van der Waals surface area contributed by atoms with Gasteiger partial charge in [0.2, 0.25) is 0 Å². The SMILES string of the molecule is COCC#Cc1cc(C2CC2)ncn1. The second-order valence-electron chi connectivity index (χ2n) is 3.34. The van der Waals surface area contributed by atoms with Crippen LogP contribution in [-0.4, -0.2) is 23.7 Å². The predicted molar refractivity (Wildman–Crippen MR) is 52.8 cm³/mol. The number of aromatic nitrogens is 2.